The maximum Gasteiger partial charge on any atom is 0.248 e. The van der Waals surface area contributed by atoms with Crippen molar-refractivity contribution in [2.75, 3.05) is 16.8 Å². The van der Waals surface area contributed by atoms with Crippen LogP contribution < -0.4 is 16.8 Å². The largest absolute Gasteiger partial charge is 0.394 e. The van der Waals surface area contributed by atoms with Crippen LogP contribution in [0.1, 0.15) is 5.82 Å². The molecule has 0 saturated carbocycles. The number of rotatable bonds is 4. The topological polar surface area (TPSA) is 144 Å². The van der Waals surface area contributed by atoms with Crippen LogP contribution in [-0.4, -0.2) is 24.7 Å². The first-order valence-corrected chi connectivity index (χ1v) is 8.33. The van der Waals surface area contributed by atoms with E-state index in [1.54, 1.807) is 0 Å². The highest BCUT2D eigenvalue weighted by Gasteiger charge is 2.19. The lowest BCUT2D eigenvalue weighted by Gasteiger charge is -2.10. The van der Waals surface area contributed by atoms with Crippen molar-refractivity contribution in [2.24, 2.45) is 0 Å². The Morgan fingerprint density at radius 3 is 2.25 bits per heavy atom. The number of nitrogens with zero attached hydrogens (tertiary/aromatic N) is 6. The number of hydrogen-bond donors (Lipinski definition) is 3. The minimum absolute atomic E-state index is 0.0458. The van der Waals surface area contributed by atoms with Crippen LogP contribution in [0, 0.1) is 11.3 Å². The summed E-state index contributed by atoms with van der Waals surface area (Å²) in [5.74, 6) is 0.500. The molecule has 0 fully saturated rings. The molecule has 0 aliphatic rings. The fourth-order valence-electron chi connectivity index (χ4n) is 2.67. The molecule has 0 aliphatic carbocycles. The quantitative estimate of drug-likeness (QED) is 0.497. The second-order valence-corrected chi connectivity index (χ2v) is 5.81. The van der Waals surface area contributed by atoms with Crippen LogP contribution >= 0.6 is 0 Å². The molecule has 0 amide bonds. The van der Waals surface area contributed by atoms with Gasteiger partial charge >= 0.3 is 0 Å². The molecule has 9 heteroatoms. The Balaban J connectivity index is 1.80. The molecule has 0 spiro atoms. The standard InChI is InChI=1S/C19H15N9/c20-11-14-24-16(12-7-3-1-4-8-12)15(21)17(25-14)28-18(22)26-19(27-28)23-13-9-5-2-6-10-13/h1-10H,21H2,(H3,22,23,26,27). The van der Waals surface area contributed by atoms with Crippen LogP contribution in [0.2, 0.25) is 0 Å². The number of para-hydroxylation sites is 1. The summed E-state index contributed by atoms with van der Waals surface area (Å²) in [6.07, 6.45) is 0. The van der Waals surface area contributed by atoms with Gasteiger partial charge in [-0.1, -0.05) is 48.5 Å². The molecule has 28 heavy (non-hydrogen) atoms. The summed E-state index contributed by atoms with van der Waals surface area (Å²) >= 11 is 0. The first-order chi connectivity index (χ1) is 13.7. The third-order valence-electron chi connectivity index (χ3n) is 3.94. The zero-order valence-corrected chi connectivity index (χ0v) is 14.6. The Morgan fingerprint density at radius 2 is 1.57 bits per heavy atom. The number of nitrogen functional groups attached to an aromatic ring is 2. The lowest BCUT2D eigenvalue weighted by molar-refractivity contribution is 0.851. The molecule has 0 radical (unpaired) electrons. The molecule has 0 atom stereocenters. The van der Waals surface area contributed by atoms with E-state index in [1.807, 2.05) is 66.7 Å². The summed E-state index contributed by atoms with van der Waals surface area (Å²) < 4.78 is 1.29. The number of aromatic nitrogens is 5. The lowest BCUT2D eigenvalue weighted by atomic mass is 10.1. The molecule has 0 bridgehead atoms. The highest BCUT2D eigenvalue weighted by atomic mass is 15.4. The summed E-state index contributed by atoms with van der Waals surface area (Å²) in [4.78, 5) is 12.6. The zero-order chi connectivity index (χ0) is 19.5. The minimum atomic E-state index is -0.0458. The number of nitriles is 1. The highest BCUT2D eigenvalue weighted by Crippen LogP contribution is 2.29. The third kappa shape index (κ3) is 3.17. The van der Waals surface area contributed by atoms with E-state index in [1.165, 1.54) is 4.68 Å². The number of nitrogens with two attached hydrogens (primary N) is 2. The number of anilines is 4. The Hall–Kier alpha value is -4.45. The maximum absolute atomic E-state index is 9.34. The maximum atomic E-state index is 9.34. The second-order valence-electron chi connectivity index (χ2n) is 5.81. The lowest BCUT2D eigenvalue weighted by Crippen LogP contribution is -2.11. The smallest absolute Gasteiger partial charge is 0.248 e. The van der Waals surface area contributed by atoms with Gasteiger partial charge in [-0.25, -0.2) is 4.98 Å². The van der Waals surface area contributed by atoms with Gasteiger partial charge in [0.05, 0.1) is 0 Å². The number of hydrogen-bond acceptors (Lipinski definition) is 8. The van der Waals surface area contributed by atoms with Crippen molar-refractivity contribution in [1.82, 2.24) is 24.7 Å². The average molecular weight is 369 g/mol. The summed E-state index contributed by atoms with van der Waals surface area (Å²) in [5, 5.41) is 16.7. The fourth-order valence-corrected chi connectivity index (χ4v) is 2.67. The number of benzene rings is 2. The second kappa shape index (κ2) is 7.05. The highest BCUT2D eigenvalue weighted by molar-refractivity contribution is 5.78. The Morgan fingerprint density at radius 1 is 0.893 bits per heavy atom. The molecule has 0 aliphatic heterocycles. The normalized spacial score (nSPS) is 10.4. The summed E-state index contributed by atoms with van der Waals surface area (Å²) in [5.41, 5.74) is 14.6. The van der Waals surface area contributed by atoms with Crippen molar-refractivity contribution in [3.63, 3.8) is 0 Å². The van der Waals surface area contributed by atoms with Gasteiger partial charge < -0.3 is 16.8 Å². The first kappa shape index (κ1) is 17.0. The van der Waals surface area contributed by atoms with E-state index in [-0.39, 0.29) is 29.2 Å². The Bertz CT molecular complexity index is 1160. The summed E-state index contributed by atoms with van der Waals surface area (Å²) in [7, 11) is 0. The van der Waals surface area contributed by atoms with Gasteiger partial charge in [0.1, 0.15) is 17.5 Å². The van der Waals surface area contributed by atoms with Crippen LogP contribution in [0.25, 0.3) is 17.1 Å². The minimum Gasteiger partial charge on any atom is -0.394 e. The zero-order valence-electron chi connectivity index (χ0n) is 14.6. The van der Waals surface area contributed by atoms with Crippen LogP contribution in [-0.2, 0) is 0 Å². The molecule has 0 unspecified atom stereocenters. The molecule has 136 valence electrons. The van der Waals surface area contributed by atoms with Crippen molar-refractivity contribution in [3.05, 3.63) is 66.5 Å². The van der Waals surface area contributed by atoms with Gasteiger partial charge in [0.2, 0.25) is 17.7 Å². The molecular weight excluding hydrogens is 354 g/mol. The molecule has 9 nitrogen and oxygen atoms in total. The summed E-state index contributed by atoms with van der Waals surface area (Å²) in [6.45, 7) is 0. The predicted octanol–water partition coefficient (Wildman–Crippen LogP) is 2.50. The van der Waals surface area contributed by atoms with Crippen LogP contribution in [0.3, 0.4) is 0 Å². The van der Waals surface area contributed by atoms with E-state index in [2.05, 4.69) is 25.4 Å². The molecular formula is C19H15N9. The van der Waals surface area contributed by atoms with Gasteiger partial charge in [0, 0.05) is 11.3 Å². The van der Waals surface area contributed by atoms with Crippen molar-refractivity contribution >= 4 is 23.3 Å². The van der Waals surface area contributed by atoms with Gasteiger partial charge in [-0.3, -0.25) is 0 Å². The van der Waals surface area contributed by atoms with Crippen molar-refractivity contribution in [2.45, 2.75) is 0 Å². The third-order valence-corrected chi connectivity index (χ3v) is 3.94. The van der Waals surface area contributed by atoms with Crippen molar-refractivity contribution in [3.8, 4) is 23.1 Å². The van der Waals surface area contributed by atoms with Crippen LogP contribution in [0.4, 0.5) is 23.3 Å². The van der Waals surface area contributed by atoms with E-state index in [0.29, 0.717) is 5.69 Å². The van der Waals surface area contributed by atoms with Gasteiger partial charge in [0.15, 0.2) is 5.82 Å². The van der Waals surface area contributed by atoms with Gasteiger partial charge in [-0.15, -0.1) is 5.10 Å². The number of nitrogens with one attached hydrogen (secondary N) is 1. The monoisotopic (exact) mass is 369 g/mol. The summed E-state index contributed by atoms with van der Waals surface area (Å²) in [6, 6.07) is 20.6. The predicted molar refractivity (Wildman–Crippen MR) is 106 cm³/mol. The van der Waals surface area contributed by atoms with E-state index in [4.69, 9.17) is 11.5 Å². The van der Waals surface area contributed by atoms with Crippen molar-refractivity contribution in [1.29, 1.82) is 5.26 Å². The van der Waals surface area contributed by atoms with E-state index in [0.717, 1.165) is 11.3 Å². The van der Waals surface area contributed by atoms with Gasteiger partial charge in [0.25, 0.3) is 0 Å². The molecule has 4 aromatic rings. The molecule has 0 saturated heterocycles. The fraction of sp³-hybridized carbons (Fsp3) is 0. The SMILES string of the molecule is N#Cc1nc(-c2ccccc2)c(N)c(-n2nc(Nc3ccccc3)nc2N)n1. The molecule has 4 rings (SSSR count). The van der Waals surface area contributed by atoms with E-state index < -0.39 is 0 Å². The van der Waals surface area contributed by atoms with E-state index >= 15 is 0 Å². The molecule has 5 N–H and O–H groups in total. The van der Waals surface area contributed by atoms with Crippen molar-refractivity contribution < 1.29 is 0 Å². The average Bonchev–Trinajstić information content (AvgIpc) is 3.09. The molecule has 2 aromatic carbocycles. The van der Waals surface area contributed by atoms with E-state index in [9.17, 15) is 5.26 Å². The van der Waals surface area contributed by atoms with Crippen LogP contribution in [0.15, 0.2) is 60.7 Å². The van der Waals surface area contributed by atoms with Crippen LogP contribution in [0.5, 0.6) is 0 Å². The van der Waals surface area contributed by atoms with Gasteiger partial charge in [-0.2, -0.15) is 19.9 Å². The molecule has 2 heterocycles. The Labute approximate surface area is 160 Å². The van der Waals surface area contributed by atoms with Gasteiger partial charge in [-0.05, 0) is 12.1 Å². The first-order valence-electron chi connectivity index (χ1n) is 8.33. The Kier molecular flexibility index (Phi) is 4.28. The molecule has 2 aromatic heterocycles.